The Kier molecular flexibility index (Phi) is 36.4. The molecule has 0 bridgehead atoms. The van der Waals surface area contributed by atoms with Crippen LogP contribution in [0.4, 0.5) is 45.5 Å². The van der Waals surface area contributed by atoms with Gasteiger partial charge in [-0.3, -0.25) is 58.3 Å². The summed E-state index contributed by atoms with van der Waals surface area (Å²) in [6.07, 6.45) is 32.1. The van der Waals surface area contributed by atoms with Crippen LogP contribution in [0.25, 0.3) is 45.0 Å². The molecule has 30 nitrogen and oxygen atoms in total. The topological polar surface area (TPSA) is 394 Å². The molecule has 708 valence electrons. The van der Waals surface area contributed by atoms with E-state index in [1.807, 2.05) is 216 Å². The number of amides is 8. The second kappa shape index (κ2) is 51.3. The lowest BCUT2D eigenvalue weighted by molar-refractivity contribution is -0.112. The first-order valence-corrected chi connectivity index (χ1v) is 45.0. The van der Waals surface area contributed by atoms with E-state index >= 15 is 0 Å². The number of nitrogens with one attached hydrogen (secondary N) is 8. The van der Waals surface area contributed by atoms with E-state index in [4.69, 9.17) is 0 Å². The number of nitrogens with zero attached hydrogens (tertiary/aromatic N) is 14. The van der Waals surface area contributed by atoms with Gasteiger partial charge in [0.05, 0.1) is 22.8 Å². The Morgan fingerprint density at radius 1 is 0.289 bits per heavy atom. The zero-order chi connectivity index (χ0) is 99.9. The summed E-state index contributed by atoms with van der Waals surface area (Å²) in [4.78, 5) is 155. The van der Waals surface area contributed by atoms with Gasteiger partial charge in [0.1, 0.15) is 23.3 Å². The van der Waals surface area contributed by atoms with Gasteiger partial charge in [0.15, 0.2) is 0 Å². The lowest BCUT2D eigenvalue weighted by Crippen LogP contribution is -2.15. The normalized spacial score (nSPS) is 10.7. The van der Waals surface area contributed by atoms with Crippen molar-refractivity contribution >= 4 is 92.8 Å². The first-order valence-electron chi connectivity index (χ1n) is 45.0. The third-order valence-electron chi connectivity index (χ3n) is 21.1. The number of benzene rings is 8. The molecule has 142 heavy (non-hydrogen) atoms. The molecular weight excluding hydrogens is 1780 g/mol. The van der Waals surface area contributed by atoms with Crippen molar-refractivity contribution in [2.45, 2.75) is 39.5 Å². The Morgan fingerprint density at radius 3 is 0.915 bits per heavy atom. The molecule has 8 N–H and O–H groups in total. The standard InChI is InChI=1S/C30H30N6O2.C29H28N6O2.C27H23N5O2.C26H21N5O2/c1-21-17-26(12-11-22(21)19-28-32-15-13-27(35-28)24-8-5-14-31-20-24)34-30(38)23-7-4-9-25(18-23)33-29(37)10-6-16-36(2)3;1-35(2)17-5-9-28(36)32-25-8-3-6-22(19-25)29(37)33-24-12-10-21(11-13-24)18-27-31-16-14-26(34-27)23-7-4-15-30-20-23;1-3-26(33)30-22-9-6-18(2)23(16-22)27(34)31-21-10-7-19(8-11-21)15-25-29-14-12-24(32-25)20-5-4-13-28-17-20;1-2-25(32)29-22-7-3-5-19(16-22)26(33)30-21-10-8-18(9-11-21)15-24-28-14-12-23(31-24)20-6-4-13-27-17-20/h4-15,17-18,20H,16,19H2,1-3H3,(H,33,37)(H,34,38);3-16,19-20H,17-18H2,1-2H3,(H,32,36)(H,33,37);3-14,16-17H,1,15H2,2H3,(H,30,33)(H,31,34);2-14,16-17H,1,15H2,(H,29,32)(H,30,33)/b10-6+;9-5-;;. The van der Waals surface area contributed by atoms with Gasteiger partial charge in [0.25, 0.3) is 23.6 Å². The number of likely N-dealkylation sites (N-methyl/N-ethyl adjacent to an activating group) is 2. The summed E-state index contributed by atoms with van der Waals surface area (Å²) >= 11 is 0. The first kappa shape index (κ1) is 101. The largest absolute Gasteiger partial charge is 0.323 e. The molecule has 8 aromatic heterocycles. The van der Waals surface area contributed by atoms with E-state index in [0.29, 0.717) is 130 Å². The number of carbonyl (C=O) groups is 8. The SMILES string of the molecule is C=CC(=O)Nc1ccc(C)c(C(=O)Nc2ccc(Cc3nccc(-c4cccnc4)n3)cc2)c1.C=CC(=O)Nc1cccc(C(=O)Nc2ccc(Cc3nccc(-c4cccnc4)n3)cc2)c1.CN(C)C/C=C\C(=O)Nc1cccc(C(=O)Nc2ccc(Cc3nccc(-c4cccnc4)n3)cc2)c1.Cc1cc(NC(=O)c2cccc(NC(=O)/C=C/CN(C)C)c2)ccc1Cc1nccc(-c2cccnc2)n1. The fourth-order valence-electron chi connectivity index (χ4n) is 13.9. The van der Waals surface area contributed by atoms with Gasteiger partial charge in [-0.25, -0.2) is 39.9 Å². The van der Waals surface area contributed by atoms with Gasteiger partial charge in [0.2, 0.25) is 23.6 Å². The highest BCUT2D eigenvalue weighted by Crippen LogP contribution is 2.27. The van der Waals surface area contributed by atoms with Crippen LogP contribution in [-0.2, 0) is 44.9 Å². The van der Waals surface area contributed by atoms with Gasteiger partial charge in [-0.05, 0) is 276 Å². The van der Waals surface area contributed by atoms with Crippen molar-refractivity contribution in [3.63, 3.8) is 0 Å². The van der Waals surface area contributed by atoms with Crippen LogP contribution in [0.15, 0.2) is 379 Å². The van der Waals surface area contributed by atoms with Crippen LogP contribution < -0.4 is 42.5 Å². The average molecular weight is 1880 g/mol. The number of hydrogen-bond acceptors (Lipinski definition) is 22. The zero-order valence-electron chi connectivity index (χ0n) is 78.8. The number of aryl methyl sites for hydroxylation is 2. The minimum atomic E-state index is -0.335. The Labute approximate surface area is 822 Å². The van der Waals surface area contributed by atoms with Crippen molar-refractivity contribution in [1.29, 1.82) is 0 Å². The number of rotatable bonds is 32. The minimum absolute atomic E-state index is 0.245. The van der Waals surface area contributed by atoms with Crippen molar-refractivity contribution in [2.75, 3.05) is 83.8 Å². The monoisotopic (exact) mass is 1880 g/mol. The summed E-state index contributed by atoms with van der Waals surface area (Å²) in [5, 5.41) is 22.5. The molecule has 30 heteroatoms. The lowest BCUT2D eigenvalue weighted by atomic mass is 10.0. The molecule has 0 unspecified atom stereocenters. The molecule has 0 saturated heterocycles. The van der Waals surface area contributed by atoms with Crippen molar-refractivity contribution < 1.29 is 38.4 Å². The van der Waals surface area contributed by atoms with Crippen LogP contribution in [0, 0.1) is 13.8 Å². The molecule has 0 aliphatic heterocycles. The molecule has 8 heterocycles. The van der Waals surface area contributed by atoms with Crippen LogP contribution in [0.3, 0.4) is 0 Å². The third kappa shape index (κ3) is 31.7. The van der Waals surface area contributed by atoms with Gasteiger partial charge < -0.3 is 52.3 Å². The lowest BCUT2D eigenvalue weighted by Gasteiger charge is -2.11. The van der Waals surface area contributed by atoms with E-state index in [-0.39, 0.29) is 47.3 Å². The van der Waals surface area contributed by atoms with Gasteiger partial charge in [-0.1, -0.05) is 92.0 Å². The molecule has 0 saturated carbocycles. The molecule has 0 atom stereocenters. The molecule has 8 aromatic carbocycles. The number of anilines is 8. The van der Waals surface area contributed by atoms with Crippen molar-refractivity contribution in [2.24, 2.45) is 0 Å². The molecule has 16 rings (SSSR count). The summed E-state index contributed by atoms with van der Waals surface area (Å²) in [5.41, 5.74) is 19.6. The Balaban J connectivity index is 0.000000159. The quantitative estimate of drug-likeness (QED) is 0.0182. The molecule has 0 aliphatic carbocycles. The fourth-order valence-corrected chi connectivity index (χ4v) is 13.9. The van der Waals surface area contributed by atoms with Gasteiger partial charge >= 0.3 is 0 Å². The first-order chi connectivity index (χ1) is 68.9. The number of aromatic nitrogens is 12. The fraction of sp³-hybridized carbons (Fsp3) is 0.107. The second-order valence-corrected chi connectivity index (χ2v) is 32.6. The van der Waals surface area contributed by atoms with Crippen LogP contribution in [-0.4, -0.2) is 158 Å². The van der Waals surface area contributed by atoms with Crippen molar-refractivity contribution in [1.82, 2.24) is 69.6 Å². The summed E-state index contributed by atoms with van der Waals surface area (Å²) < 4.78 is 0. The summed E-state index contributed by atoms with van der Waals surface area (Å²) in [6.45, 7) is 12.0. The summed E-state index contributed by atoms with van der Waals surface area (Å²) in [6, 6.07) is 76.8. The summed E-state index contributed by atoms with van der Waals surface area (Å²) in [5.74, 6) is 0.601. The number of hydrogen-bond donors (Lipinski definition) is 8. The Morgan fingerprint density at radius 2 is 0.592 bits per heavy atom. The van der Waals surface area contributed by atoms with E-state index in [1.54, 1.807) is 178 Å². The highest BCUT2D eigenvalue weighted by Gasteiger charge is 2.18. The van der Waals surface area contributed by atoms with Crippen molar-refractivity contribution in [3.05, 3.63) is 458 Å². The molecule has 0 fully saturated rings. The highest BCUT2D eigenvalue weighted by atomic mass is 16.2. The molecule has 0 aliphatic rings. The zero-order valence-corrected chi connectivity index (χ0v) is 78.8. The van der Waals surface area contributed by atoms with Crippen LogP contribution in [0.5, 0.6) is 0 Å². The van der Waals surface area contributed by atoms with Gasteiger partial charge in [-0.15, -0.1) is 0 Å². The molecular formula is C112H102N22O8. The van der Waals surface area contributed by atoms with Crippen LogP contribution in [0.2, 0.25) is 0 Å². The van der Waals surface area contributed by atoms with E-state index in [0.717, 1.165) is 78.4 Å². The Bertz CT molecular complexity index is 7160. The minimum Gasteiger partial charge on any atom is -0.323 e. The van der Waals surface area contributed by atoms with E-state index in [2.05, 4.69) is 115 Å². The predicted molar refractivity (Wildman–Crippen MR) is 555 cm³/mol. The molecule has 0 spiro atoms. The van der Waals surface area contributed by atoms with E-state index in [1.165, 1.54) is 24.3 Å². The predicted octanol–water partition coefficient (Wildman–Crippen LogP) is 18.5. The molecule has 0 radical (unpaired) electrons. The highest BCUT2D eigenvalue weighted by molar-refractivity contribution is 6.10. The average Bonchev–Trinajstić information content (AvgIpc) is 0.829. The van der Waals surface area contributed by atoms with Gasteiger partial charge in [0, 0.05) is 215 Å². The number of pyridine rings is 4. The smallest absolute Gasteiger partial charge is 0.256 e. The van der Waals surface area contributed by atoms with Gasteiger partial charge in [-0.2, -0.15) is 0 Å². The van der Waals surface area contributed by atoms with E-state index in [9.17, 15) is 38.4 Å². The number of carbonyl (C=O) groups excluding carboxylic acids is 8. The van der Waals surface area contributed by atoms with Crippen LogP contribution in [0.1, 0.15) is 98.1 Å². The molecule has 8 amide bonds. The Hall–Kier alpha value is -18.7. The second-order valence-electron chi connectivity index (χ2n) is 32.6. The van der Waals surface area contributed by atoms with Crippen molar-refractivity contribution in [3.8, 4) is 45.0 Å². The maximum Gasteiger partial charge on any atom is 0.256 e. The summed E-state index contributed by atoms with van der Waals surface area (Å²) in [7, 11) is 7.71. The maximum atomic E-state index is 12.9. The van der Waals surface area contributed by atoms with E-state index < -0.39 is 0 Å². The van der Waals surface area contributed by atoms with Crippen LogP contribution >= 0.6 is 0 Å². The molecule has 16 aromatic rings. The third-order valence-corrected chi connectivity index (χ3v) is 21.1. The maximum absolute atomic E-state index is 12.9.